The number of aromatic nitrogens is 2. The minimum Gasteiger partial charge on any atom is -0.379 e. The summed E-state index contributed by atoms with van der Waals surface area (Å²) in [6, 6.07) is 16.6. The minimum absolute atomic E-state index is 0.0644. The summed E-state index contributed by atoms with van der Waals surface area (Å²) in [5.74, 6) is 0.743. The largest absolute Gasteiger partial charge is 0.379 e. The van der Waals surface area contributed by atoms with E-state index in [4.69, 9.17) is 9.72 Å². The summed E-state index contributed by atoms with van der Waals surface area (Å²) in [5.41, 5.74) is 6.36. The molecule has 3 heterocycles. The Hall–Kier alpha value is -3.00. The summed E-state index contributed by atoms with van der Waals surface area (Å²) < 4.78 is 7.37. The van der Waals surface area contributed by atoms with Crippen molar-refractivity contribution < 1.29 is 4.74 Å². The summed E-state index contributed by atoms with van der Waals surface area (Å²) in [7, 11) is 0. The van der Waals surface area contributed by atoms with Crippen molar-refractivity contribution in [1.29, 1.82) is 0 Å². The lowest BCUT2D eigenvalue weighted by Gasteiger charge is -2.39. The van der Waals surface area contributed by atoms with Gasteiger partial charge in [0, 0.05) is 37.3 Å². The molecule has 0 bridgehead atoms. The Morgan fingerprint density at radius 3 is 2.42 bits per heavy atom. The van der Waals surface area contributed by atoms with Gasteiger partial charge in [-0.05, 0) is 56.5 Å². The summed E-state index contributed by atoms with van der Waals surface area (Å²) in [6.07, 6.45) is 1.65. The molecule has 7 heteroatoms. The Bertz CT molecular complexity index is 1250. The van der Waals surface area contributed by atoms with E-state index in [2.05, 4.69) is 58.9 Å². The van der Waals surface area contributed by atoms with Crippen LogP contribution in [0.1, 0.15) is 34.4 Å². The number of nitrogens with zero attached hydrogens (tertiary/aromatic N) is 5. The van der Waals surface area contributed by atoms with E-state index in [9.17, 15) is 4.79 Å². The molecule has 0 saturated carbocycles. The van der Waals surface area contributed by atoms with Crippen LogP contribution >= 0.6 is 0 Å². The molecule has 0 amide bonds. The molecule has 1 aromatic heterocycles. The van der Waals surface area contributed by atoms with Gasteiger partial charge in [0.1, 0.15) is 0 Å². The first kappa shape index (κ1) is 24.7. The predicted molar refractivity (Wildman–Crippen MR) is 144 cm³/mol. The Balaban J connectivity index is 1.47. The number of aryl methyl sites for hydroxylation is 2. The number of hydrogen-bond donors (Lipinski definition) is 0. The molecule has 3 aromatic rings. The number of fused-ring (bicyclic) bond motifs is 1. The number of morpholine rings is 1. The highest BCUT2D eigenvalue weighted by Crippen LogP contribution is 2.31. The van der Waals surface area contributed by atoms with E-state index >= 15 is 0 Å². The maximum atomic E-state index is 13.9. The summed E-state index contributed by atoms with van der Waals surface area (Å²) >= 11 is 0. The lowest BCUT2D eigenvalue weighted by atomic mass is 10.0. The Kier molecular flexibility index (Phi) is 7.51. The molecule has 36 heavy (non-hydrogen) atoms. The Labute approximate surface area is 213 Å². The van der Waals surface area contributed by atoms with Crippen molar-refractivity contribution in [2.45, 2.75) is 40.3 Å². The normalized spacial score (nSPS) is 16.8. The van der Waals surface area contributed by atoms with Gasteiger partial charge in [-0.3, -0.25) is 24.1 Å². The fraction of sp³-hybridized carbons (Fsp3) is 0.448. The van der Waals surface area contributed by atoms with Crippen LogP contribution in [0, 0.1) is 20.8 Å². The fourth-order valence-electron chi connectivity index (χ4n) is 5.23. The second-order valence-corrected chi connectivity index (χ2v) is 10.0. The second kappa shape index (κ2) is 10.9. The van der Waals surface area contributed by atoms with Crippen molar-refractivity contribution in [3.63, 3.8) is 0 Å². The first-order chi connectivity index (χ1) is 17.5. The van der Waals surface area contributed by atoms with Crippen LogP contribution in [0.15, 0.2) is 53.3 Å². The molecular weight excluding hydrogens is 450 g/mol. The van der Waals surface area contributed by atoms with Gasteiger partial charge in [-0.25, -0.2) is 4.98 Å². The molecule has 0 spiro atoms. The minimum atomic E-state index is 0.0644. The molecule has 0 N–H and O–H groups in total. The van der Waals surface area contributed by atoms with Crippen LogP contribution in [0.5, 0.6) is 0 Å². The SMILES string of the molecule is Cc1cccc(N2CN(CCCN3CCOCC3)Cn3c2nc(C)c(Cc2ccccc2)c3=O)c1C. The number of rotatable bonds is 7. The number of anilines is 2. The van der Waals surface area contributed by atoms with Crippen LogP contribution in [0.2, 0.25) is 0 Å². The fourth-order valence-corrected chi connectivity index (χ4v) is 5.23. The van der Waals surface area contributed by atoms with Crippen molar-refractivity contribution in [3.05, 3.63) is 86.8 Å². The third kappa shape index (κ3) is 5.24. The molecule has 0 unspecified atom stereocenters. The van der Waals surface area contributed by atoms with Crippen molar-refractivity contribution in [3.8, 4) is 0 Å². The lowest BCUT2D eigenvalue weighted by Crippen LogP contribution is -2.49. The van der Waals surface area contributed by atoms with Gasteiger partial charge in [0.25, 0.3) is 5.56 Å². The van der Waals surface area contributed by atoms with E-state index in [0.717, 1.165) is 80.9 Å². The summed E-state index contributed by atoms with van der Waals surface area (Å²) in [4.78, 5) is 26.0. The van der Waals surface area contributed by atoms with Crippen LogP contribution in [0.3, 0.4) is 0 Å². The molecule has 0 radical (unpaired) electrons. The standard InChI is InChI=1S/C29H37N5O2/c1-22-9-7-12-27(23(22)2)33-20-32(14-8-13-31-15-17-36-18-16-31)21-34-28(35)26(24(3)30-29(33)34)19-25-10-5-4-6-11-25/h4-7,9-12H,8,13-21H2,1-3H3. The van der Waals surface area contributed by atoms with Gasteiger partial charge in [-0.1, -0.05) is 42.5 Å². The van der Waals surface area contributed by atoms with Gasteiger partial charge in [-0.2, -0.15) is 0 Å². The molecule has 1 saturated heterocycles. The zero-order valence-electron chi connectivity index (χ0n) is 21.7. The van der Waals surface area contributed by atoms with Crippen molar-refractivity contribution in [2.24, 2.45) is 0 Å². The Morgan fingerprint density at radius 1 is 0.889 bits per heavy atom. The van der Waals surface area contributed by atoms with Crippen LogP contribution in [0.25, 0.3) is 0 Å². The van der Waals surface area contributed by atoms with E-state index in [0.29, 0.717) is 13.1 Å². The third-order valence-electron chi connectivity index (χ3n) is 7.52. The average molecular weight is 488 g/mol. The van der Waals surface area contributed by atoms with Crippen LogP contribution in [-0.4, -0.2) is 65.4 Å². The molecule has 5 rings (SSSR count). The average Bonchev–Trinajstić information content (AvgIpc) is 2.89. The second-order valence-electron chi connectivity index (χ2n) is 10.0. The molecule has 190 valence electrons. The summed E-state index contributed by atoms with van der Waals surface area (Å²) in [5, 5.41) is 0. The molecule has 2 aliphatic heterocycles. The van der Waals surface area contributed by atoms with Crippen molar-refractivity contribution in [2.75, 3.05) is 51.0 Å². The van der Waals surface area contributed by atoms with E-state index in [1.54, 1.807) is 0 Å². The van der Waals surface area contributed by atoms with E-state index in [-0.39, 0.29) is 5.56 Å². The topological polar surface area (TPSA) is 53.8 Å². The van der Waals surface area contributed by atoms with E-state index in [1.807, 2.05) is 29.7 Å². The maximum Gasteiger partial charge on any atom is 0.259 e. The van der Waals surface area contributed by atoms with Crippen LogP contribution in [0.4, 0.5) is 11.6 Å². The van der Waals surface area contributed by atoms with Crippen molar-refractivity contribution >= 4 is 11.6 Å². The maximum absolute atomic E-state index is 13.9. The molecule has 2 aliphatic rings. The lowest BCUT2D eigenvalue weighted by molar-refractivity contribution is 0.0354. The van der Waals surface area contributed by atoms with Gasteiger partial charge in [0.15, 0.2) is 0 Å². The highest BCUT2D eigenvalue weighted by Gasteiger charge is 2.29. The van der Waals surface area contributed by atoms with Crippen molar-refractivity contribution in [1.82, 2.24) is 19.4 Å². The Morgan fingerprint density at radius 2 is 1.64 bits per heavy atom. The predicted octanol–water partition coefficient (Wildman–Crippen LogP) is 3.85. The number of hydrogen-bond acceptors (Lipinski definition) is 6. The zero-order chi connectivity index (χ0) is 25.1. The molecule has 7 nitrogen and oxygen atoms in total. The molecule has 2 aromatic carbocycles. The zero-order valence-corrected chi connectivity index (χ0v) is 21.7. The van der Waals surface area contributed by atoms with Gasteiger partial charge in [0.05, 0.1) is 32.2 Å². The molecule has 0 aliphatic carbocycles. The van der Waals surface area contributed by atoms with Gasteiger partial charge >= 0.3 is 0 Å². The van der Waals surface area contributed by atoms with E-state index in [1.165, 1.54) is 11.1 Å². The first-order valence-corrected chi connectivity index (χ1v) is 13.0. The molecular formula is C29H37N5O2. The van der Waals surface area contributed by atoms with Gasteiger partial charge in [-0.15, -0.1) is 0 Å². The number of ether oxygens (including phenoxy) is 1. The van der Waals surface area contributed by atoms with Crippen LogP contribution in [-0.2, 0) is 17.8 Å². The third-order valence-corrected chi connectivity index (χ3v) is 7.52. The summed E-state index contributed by atoms with van der Waals surface area (Å²) in [6.45, 7) is 13.2. The quantitative estimate of drug-likeness (QED) is 0.505. The van der Waals surface area contributed by atoms with Crippen LogP contribution < -0.4 is 10.5 Å². The van der Waals surface area contributed by atoms with Gasteiger partial charge < -0.3 is 4.74 Å². The first-order valence-electron chi connectivity index (χ1n) is 13.0. The smallest absolute Gasteiger partial charge is 0.259 e. The highest BCUT2D eigenvalue weighted by molar-refractivity contribution is 5.64. The van der Waals surface area contributed by atoms with E-state index < -0.39 is 0 Å². The number of benzene rings is 2. The molecule has 0 atom stereocenters. The van der Waals surface area contributed by atoms with Gasteiger partial charge in [0.2, 0.25) is 5.95 Å². The molecule has 1 fully saturated rings. The monoisotopic (exact) mass is 487 g/mol. The highest BCUT2D eigenvalue weighted by atomic mass is 16.5.